The Morgan fingerprint density at radius 2 is 1.66 bits per heavy atom. The molecule has 0 spiro atoms. The molecule has 7 atom stereocenters. The van der Waals surface area contributed by atoms with Gasteiger partial charge in [0.25, 0.3) is 0 Å². The molecule has 0 amide bonds. The molecule has 4 aliphatic rings. The molecule has 0 aromatic rings. The molecular weight excluding hydrogens is 388 g/mol. The summed E-state index contributed by atoms with van der Waals surface area (Å²) in [7, 11) is 0. The maximum Gasteiger partial charge on any atom is 0.0577 e. The number of aliphatic hydroxyl groups is 1. The normalized spacial score (nSPS) is 40.4. The zero-order valence-electron chi connectivity index (χ0n) is 23.2. The van der Waals surface area contributed by atoms with Crippen LogP contribution < -0.4 is 0 Å². The summed E-state index contributed by atoms with van der Waals surface area (Å²) in [6.45, 7) is 18.0. The number of rotatable bonds is 5. The Balaban J connectivity index is 0.000000860. The molecule has 32 heavy (non-hydrogen) atoms. The Hall–Kier alpha value is -0.300. The van der Waals surface area contributed by atoms with Gasteiger partial charge >= 0.3 is 0 Å². The molecular formula is C31H58O. The lowest BCUT2D eigenvalue weighted by molar-refractivity contribution is -0.0988. The molecule has 0 bridgehead atoms. The maximum absolute atomic E-state index is 10.2. The minimum atomic E-state index is -0.0744. The van der Waals surface area contributed by atoms with Crippen LogP contribution >= 0.6 is 0 Å². The second kappa shape index (κ2) is 12.4. The molecule has 4 rings (SSSR count). The minimum Gasteiger partial charge on any atom is -0.393 e. The highest BCUT2D eigenvalue weighted by Crippen LogP contribution is 2.65. The van der Waals surface area contributed by atoms with Crippen LogP contribution in [0.2, 0.25) is 0 Å². The number of hydrogen-bond acceptors (Lipinski definition) is 1. The van der Waals surface area contributed by atoms with Crippen molar-refractivity contribution < 1.29 is 5.11 Å². The van der Waals surface area contributed by atoms with Gasteiger partial charge in [0, 0.05) is 0 Å². The van der Waals surface area contributed by atoms with Crippen molar-refractivity contribution >= 4 is 0 Å². The minimum absolute atomic E-state index is 0.0744. The molecule has 1 heteroatoms. The van der Waals surface area contributed by atoms with Crippen molar-refractivity contribution in [3.63, 3.8) is 0 Å². The summed E-state index contributed by atoms with van der Waals surface area (Å²) < 4.78 is 0. The van der Waals surface area contributed by atoms with Gasteiger partial charge in [-0.3, -0.25) is 0 Å². The zero-order valence-corrected chi connectivity index (χ0v) is 23.2. The first kappa shape index (κ1) is 27.9. The topological polar surface area (TPSA) is 20.2 Å². The van der Waals surface area contributed by atoms with E-state index in [0.29, 0.717) is 10.8 Å². The van der Waals surface area contributed by atoms with Crippen LogP contribution in [0.5, 0.6) is 0 Å². The molecule has 0 heterocycles. The molecule has 0 aliphatic heterocycles. The summed E-state index contributed by atoms with van der Waals surface area (Å²) in [4.78, 5) is 0. The SMILES string of the molecule is CC.CC.CC(C)CCCCC1CCCC2C3CC=C4CC(O)CCC4(C)C3CCC12C. The van der Waals surface area contributed by atoms with E-state index in [1.54, 1.807) is 5.57 Å². The van der Waals surface area contributed by atoms with E-state index < -0.39 is 0 Å². The lowest BCUT2D eigenvalue weighted by Crippen LogP contribution is -2.53. The number of fused-ring (bicyclic) bond motifs is 5. The predicted octanol–water partition coefficient (Wildman–Crippen LogP) is 9.59. The van der Waals surface area contributed by atoms with E-state index in [1.807, 2.05) is 27.7 Å². The van der Waals surface area contributed by atoms with Crippen LogP contribution in [0.3, 0.4) is 0 Å². The van der Waals surface area contributed by atoms with Crippen molar-refractivity contribution in [2.45, 2.75) is 145 Å². The van der Waals surface area contributed by atoms with Crippen LogP contribution in [0.4, 0.5) is 0 Å². The first-order valence-electron chi connectivity index (χ1n) is 14.7. The van der Waals surface area contributed by atoms with Crippen molar-refractivity contribution in [1.82, 2.24) is 0 Å². The Bertz CT molecular complexity index is 577. The first-order valence-corrected chi connectivity index (χ1v) is 14.7. The van der Waals surface area contributed by atoms with Crippen molar-refractivity contribution in [3.8, 4) is 0 Å². The standard InChI is InChI=1S/C27H46O.2C2H6/c1-19(2)8-5-6-9-20-10-7-11-24-23-13-12-21-18-22(28)14-16-27(21,4)25(23)15-17-26(20,24)3;2*1-2/h12,19-20,22-25,28H,5-11,13-18H2,1-4H3;2*1-2H3. The number of unbranched alkanes of at least 4 members (excludes halogenated alkanes) is 1. The molecule has 1 nitrogen and oxygen atoms in total. The predicted molar refractivity (Wildman–Crippen MR) is 142 cm³/mol. The Morgan fingerprint density at radius 3 is 2.34 bits per heavy atom. The molecule has 0 saturated heterocycles. The average Bonchev–Trinajstić information content (AvgIpc) is 2.79. The highest BCUT2D eigenvalue weighted by molar-refractivity contribution is 5.25. The molecule has 0 aromatic carbocycles. The second-order valence-corrected chi connectivity index (χ2v) is 12.0. The van der Waals surface area contributed by atoms with Gasteiger partial charge in [0.15, 0.2) is 0 Å². The maximum atomic E-state index is 10.2. The third kappa shape index (κ3) is 5.67. The summed E-state index contributed by atoms with van der Waals surface area (Å²) in [5.41, 5.74) is 2.62. The van der Waals surface area contributed by atoms with Gasteiger partial charge in [0.05, 0.1) is 6.10 Å². The lowest BCUT2D eigenvalue weighted by atomic mass is 9.43. The number of hydrogen-bond donors (Lipinski definition) is 1. The van der Waals surface area contributed by atoms with Crippen molar-refractivity contribution in [3.05, 3.63) is 11.6 Å². The highest BCUT2D eigenvalue weighted by atomic mass is 16.3. The van der Waals surface area contributed by atoms with Gasteiger partial charge in [0.2, 0.25) is 0 Å². The van der Waals surface area contributed by atoms with Gasteiger partial charge in [-0.2, -0.15) is 0 Å². The van der Waals surface area contributed by atoms with E-state index in [2.05, 4.69) is 33.8 Å². The zero-order chi connectivity index (χ0) is 23.9. The quantitative estimate of drug-likeness (QED) is 0.329. The van der Waals surface area contributed by atoms with Crippen LogP contribution in [0.25, 0.3) is 0 Å². The lowest BCUT2D eigenvalue weighted by Gasteiger charge is -2.62. The average molecular weight is 447 g/mol. The molecule has 4 aliphatic carbocycles. The molecule has 3 fully saturated rings. The summed E-state index contributed by atoms with van der Waals surface area (Å²) in [6.07, 6.45) is 20.2. The second-order valence-electron chi connectivity index (χ2n) is 12.0. The van der Waals surface area contributed by atoms with E-state index in [4.69, 9.17) is 0 Å². The van der Waals surface area contributed by atoms with Crippen LogP contribution in [0.15, 0.2) is 11.6 Å². The molecule has 0 aromatic heterocycles. The first-order chi connectivity index (χ1) is 15.3. The summed E-state index contributed by atoms with van der Waals surface area (Å²) in [5.74, 6) is 4.60. The van der Waals surface area contributed by atoms with Gasteiger partial charge < -0.3 is 5.11 Å². The van der Waals surface area contributed by atoms with Gasteiger partial charge in [0.1, 0.15) is 0 Å². The monoisotopic (exact) mass is 446 g/mol. The molecule has 3 saturated carbocycles. The van der Waals surface area contributed by atoms with Crippen molar-refractivity contribution in [1.29, 1.82) is 0 Å². The Kier molecular flexibility index (Phi) is 10.8. The fourth-order valence-electron chi connectivity index (χ4n) is 8.37. The Morgan fingerprint density at radius 1 is 0.938 bits per heavy atom. The van der Waals surface area contributed by atoms with Crippen LogP contribution in [-0.4, -0.2) is 11.2 Å². The van der Waals surface area contributed by atoms with Gasteiger partial charge in [-0.15, -0.1) is 0 Å². The van der Waals surface area contributed by atoms with E-state index in [9.17, 15) is 5.11 Å². The van der Waals surface area contributed by atoms with Crippen LogP contribution in [0, 0.1) is 40.4 Å². The molecule has 0 radical (unpaired) electrons. The molecule has 188 valence electrons. The van der Waals surface area contributed by atoms with Crippen LogP contribution in [0.1, 0.15) is 139 Å². The number of aliphatic hydroxyl groups excluding tert-OH is 1. The van der Waals surface area contributed by atoms with Gasteiger partial charge in [-0.1, -0.05) is 92.7 Å². The van der Waals surface area contributed by atoms with Gasteiger partial charge in [-0.05, 0) is 98.2 Å². The third-order valence-corrected chi connectivity index (χ3v) is 10.1. The largest absolute Gasteiger partial charge is 0.393 e. The highest BCUT2D eigenvalue weighted by Gasteiger charge is 2.56. The van der Waals surface area contributed by atoms with Crippen molar-refractivity contribution in [2.24, 2.45) is 40.4 Å². The number of allylic oxidation sites excluding steroid dienone is 1. The fourth-order valence-corrected chi connectivity index (χ4v) is 8.37. The van der Waals surface area contributed by atoms with E-state index in [0.717, 1.165) is 42.4 Å². The van der Waals surface area contributed by atoms with E-state index in [1.165, 1.54) is 70.6 Å². The summed E-state index contributed by atoms with van der Waals surface area (Å²) in [6, 6.07) is 0. The van der Waals surface area contributed by atoms with Gasteiger partial charge in [-0.25, -0.2) is 0 Å². The summed E-state index contributed by atoms with van der Waals surface area (Å²) >= 11 is 0. The smallest absolute Gasteiger partial charge is 0.0577 e. The third-order valence-electron chi connectivity index (χ3n) is 10.1. The molecule has 1 N–H and O–H groups in total. The van der Waals surface area contributed by atoms with E-state index in [-0.39, 0.29) is 6.10 Å². The summed E-state index contributed by atoms with van der Waals surface area (Å²) in [5, 5.41) is 10.2. The van der Waals surface area contributed by atoms with Crippen LogP contribution in [-0.2, 0) is 0 Å². The fraction of sp³-hybridized carbons (Fsp3) is 0.935. The van der Waals surface area contributed by atoms with Crippen molar-refractivity contribution in [2.75, 3.05) is 0 Å². The van der Waals surface area contributed by atoms with E-state index >= 15 is 0 Å². The Labute approximate surface area is 202 Å². The molecule has 7 unspecified atom stereocenters.